The number of carbonyl (C=O) groups is 1. The van der Waals surface area contributed by atoms with Crippen molar-refractivity contribution < 1.29 is 4.79 Å². The molecule has 1 atom stereocenters. The molecule has 4 rings (SSSR count). The molecule has 2 heterocycles. The number of carbonyl (C=O) groups excluding carboxylic acids is 1. The molecule has 0 radical (unpaired) electrons. The van der Waals surface area contributed by atoms with Crippen molar-refractivity contribution in [2.45, 2.75) is 5.92 Å². The van der Waals surface area contributed by atoms with Gasteiger partial charge in [0.05, 0.1) is 0 Å². The molecular formula is C22H19BrN4O. The monoisotopic (exact) mass is 434 g/mol. The van der Waals surface area contributed by atoms with E-state index in [1.54, 1.807) is 6.20 Å². The maximum atomic E-state index is 12.4. The summed E-state index contributed by atoms with van der Waals surface area (Å²) in [5.41, 5.74) is 3.99. The number of nitrogens with one attached hydrogen (secondary N) is 3. The summed E-state index contributed by atoms with van der Waals surface area (Å²) in [6.45, 7) is 0.452. The van der Waals surface area contributed by atoms with Crippen LogP contribution < -0.4 is 10.6 Å². The molecule has 140 valence electrons. The zero-order valence-electron chi connectivity index (χ0n) is 15.0. The van der Waals surface area contributed by atoms with Gasteiger partial charge in [0.15, 0.2) is 0 Å². The molecule has 2 amide bonds. The quantitative estimate of drug-likeness (QED) is 0.399. The van der Waals surface area contributed by atoms with E-state index in [-0.39, 0.29) is 11.9 Å². The summed E-state index contributed by atoms with van der Waals surface area (Å²) < 4.78 is 0.914. The van der Waals surface area contributed by atoms with Gasteiger partial charge < -0.3 is 15.6 Å². The minimum absolute atomic E-state index is 0.0156. The molecule has 28 heavy (non-hydrogen) atoms. The maximum Gasteiger partial charge on any atom is 0.319 e. The number of anilines is 1. The molecule has 0 saturated heterocycles. The predicted octanol–water partition coefficient (Wildman–Crippen LogP) is 5.28. The standard InChI is InChI=1S/C22H19BrN4O/c23-16-6-3-7-17(11-16)27-22(28)26-13-19(15-5-4-10-24-12-15)20-14-25-21-9-2-1-8-18(20)21/h1-12,14,19,25H,13H2,(H2,26,27,28)/t19-/m0/s1. The fourth-order valence-corrected chi connectivity index (χ4v) is 3.71. The third-order valence-electron chi connectivity index (χ3n) is 4.63. The van der Waals surface area contributed by atoms with Gasteiger partial charge in [-0.3, -0.25) is 4.98 Å². The topological polar surface area (TPSA) is 69.8 Å². The second-order valence-corrected chi connectivity index (χ2v) is 7.39. The number of benzene rings is 2. The Hall–Kier alpha value is -3.12. The number of halogens is 1. The molecule has 3 N–H and O–H groups in total. The highest BCUT2D eigenvalue weighted by atomic mass is 79.9. The highest BCUT2D eigenvalue weighted by Gasteiger charge is 2.19. The van der Waals surface area contributed by atoms with Crippen molar-refractivity contribution in [1.82, 2.24) is 15.3 Å². The lowest BCUT2D eigenvalue weighted by Gasteiger charge is -2.18. The third-order valence-corrected chi connectivity index (χ3v) is 5.13. The number of para-hydroxylation sites is 1. The summed E-state index contributed by atoms with van der Waals surface area (Å²) in [6.07, 6.45) is 5.61. The Bertz CT molecular complexity index is 1090. The van der Waals surface area contributed by atoms with Gasteiger partial charge in [-0.25, -0.2) is 4.79 Å². The highest BCUT2D eigenvalue weighted by molar-refractivity contribution is 9.10. The molecule has 2 aromatic carbocycles. The Morgan fingerprint density at radius 2 is 2.00 bits per heavy atom. The van der Waals surface area contributed by atoms with Gasteiger partial charge in [0.1, 0.15) is 0 Å². The second kappa shape index (κ2) is 8.27. The van der Waals surface area contributed by atoms with Crippen LogP contribution in [0.4, 0.5) is 10.5 Å². The summed E-state index contributed by atoms with van der Waals surface area (Å²) in [5.74, 6) is -0.0156. The zero-order chi connectivity index (χ0) is 19.3. The molecular weight excluding hydrogens is 416 g/mol. The lowest BCUT2D eigenvalue weighted by atomic mass is 9.92. The first-order valence-corrected chi connectivity index (χ1v) is 9.76. The van der Waals surface area contributed by atoms with Gasteiger partial charge in [0.2, 0.25) is 0 Å². The van der Waals surface area contributed by atoms with Crippen molar-refractivity contribution in [3.05, 3.63) is 94.9 Å². The van der Waals surface area contributed by atoms with E-state index >= 15 is 0 Å². The van der Waals surface area contributed by atoms with Gasteiger partial charge in [-0.1, -0.05) is 46.3 Å². The third kappa shape index (κ3) is 4.07. The Balaban J connectivity index is 1.56. The average molecular weight is 435 g/mol. The van der Waals surface area contributed by atoms with Gasteiger partial charge in [-0.2, -0.15) is 0 Å². The van der Waals surface area contributed by atoms with E-state index in [0.29, 0.717) is 6.54 Å². The number of H-pyrrole nitrogens is 1. The van der Waals surface area contributed by atoms with Crippen molar-refractivity contribution in [3.8, 4) is 0 Å². The number of nitrogens with zero attached hydrogens (tertiary/aromatic N) is 1. The Labute approximate surface area is 171 Å². The summed E-state index contributed by atoms with van der Waals surface area (Å²) in [5, 5.41) is 7.01. The zero-order valence-corrected chi connectivity index (χ0v) is 16.6. The normalized spacial score (nSPS) is 11.9. The molecule has 5 nitrogen and oxygen atoms in total. The molecule has 2 aromatic heterocycles. The number of fused-ring (bicyclic) bond motifs is 1. The van der Waals surface area contributed by atoms with Crippen molar-refractivity contribution >= 4 is 38.6 Å². The van der Waals surface area contributed by atoms with Crippen LogP contribution in [0.15, 0.2) is 83.7 Å². The van der Waals surface area contributed by atoms with Gasteiger partial charge in [0, 0.05) is 52.1 Å². The number of amides is 2. The first-order valence-electron chi connectivity index (χ1n) is 8.97. The molecule has 0 spiro atoms. The average Bonchev–Trinajstić information content (AvgIpc) is 3.13. The van der Waals surface area contributed by atoms with Crippen LogP contribution in [0.2, 0.25) is 0 Å². The molecule has 0 aliphatic carbocycles. The molecule has 6 heteroatoms. The van der Waals surface area contributed by atoms with E-state index in [9.17, 15) is 4.79 Å². The van der Waals surface area contributed by atoms with Crippen LogP contribution in [-0.4, -0.2) is 22.5 Å². The fourth-order valence-electron chi connectivity index (χ4n) is 3.31. The number of pyridine rings is 1. The maximum absolute atomic E-state index is 12.4. The van der Waals surface area contributed by atoms with Crippen LogP contribution in [0, 0.1) is 0 Å². The molecule has 0 bridgehead atoms. The predicted molar refractivity (Wildman–Crippen MR) is 116 cm³/mol. The Morgan fingerprint density at radius 1 is 1.11 bits per heavy atom. The summed E-state index contributed by atoms with van der Waals surface area (Å²) >= 11 is 3.41. The molecule has 0 fully saturated rings. The SMILES string of the molecule is O=C(NC[C@@H](c1cccnc1)c1c[nH]c2ccccc12)Nc1cccc(Br)c1. The minimum Gasteiger partial charge on any atom is -0.361 e. The fraction of sp³-hybridized carbons (Fsp3) is 0.0909. The molecule has 0 aliphatic heterocycles. The number of aromatic amines is 1. The van der Waals surface area contributed by atoms with Crippen molar-refractivity contribution in [1.29, 1.82) is 0 Å². The van der Waals surface area contributed by atoms with Crippen molar-refractivity contribution in [3.63, 3.8) is 0 Å². The highest BCUT2D eigenvalue weighted by Crippen LogP contribution is 2.30. The molecule has 0 saturated carbocycles. The van der Waals surface area contributed by atoms with Crippen LogP contribution in [0.25, 0.3) is 10.9 Å². The number of hydrogen-bond donors (Lipinski definition) is 3. The van der Waals surface area contributed by atoms with E-state index in [4.69, 9.17) is 0 Å². The van der Waals surface area contributed by atoms with Crippen LogP contribution in [0.5, 0.6) is 0 Å². The smallest absolute Gasteiger partial charge is 0.319 e. The Kier molecular flexibility index (Phi) is 5.39. The number of hydrogen-bond acceptors (Lipinski definition) is 2. The lowest BCUT2D eigenvalue weighted by Crippen LogP contribution is -2.32. The second-order valence-electron chi connectivity index (χ2n) is 6.47. The van der Waals surface area contributed by atoms with E-state index in [2.05, 4.69) is 42.6 Å². The largest absolute Gasteiger partial charge is 0.361 e. The first-order chi connectivity index (χ1) is 13.7. The van der Waals surface area contributed by atoms with Crippen LogP contribution in [0.1, 0.15) is 17.0 Å². The van der Waals surface area contributed by atoms with E-state index in [1.165, 1.54) is 0 Å². The van der Waals surface area contributed by atoms with Crippen LogP contribution >= 0.6 is 15.9 Å². The number of rotatable bonds is 5. The van der Waals surface area contributed by atoms with Gasteiger partial charge in [-0.15, -0.1) is 0 Å². The van der Waals surface area contributed by atoms with E-state index < -0.39 is 0 Å². The van der Waals surface area contributed by atoms with Crippen molar-refractivity contribution in [2.24, 2.45) is 0 Å². The van der Waals surface area contributed by atoms with E-state index in [0.717, 1.165) is 32.2 Å². The van der Waals surface area contributed by atoms with Crippen LogP contribution in [0.3, 0.4) is 0 Å². The molecule has 4 aromatic rings. The van der Waals surface area contributed by atoms with Gasteiger partial charge in [0.25, 0.3) is 0 Å². The summed E-state index contributed by atoms with van der Waals surface area (Å²) in [4.78, 5) is 20.0. The van der Waals surface area contributed by atoms with E-state index in [1.807, 2.05) is 67.0 Å². The number of urea groups is 1. The Morgan fingerprint density at radius 3 is 2.82 bits per heavy atom. The minimum atomic E-state index is -0.244. The van der Waals surface area contributed by atoms with Crippen LogP contribution in [-0.2, 0) is 0 Å². The first kappa shape index (κ1) is 18.3. The molecule has 0 aliphatic rings. The van der Waals surface area contributed by atoms with Gasteiger partial charge in [-0.05, 0) is 41.5 Å². The summed E-state index contributed by atoms with van der Waals surface area (Å²) in [7, 11) is 0. The molecule has 0 unspecified atom stereocenters. The summed E-state index contributed by atoms with van der Waals surface area (Å²) in [6, 6.07) is 19.4. The van der Waals surface area contributed by atoms with Crippen molar-refractivity contribution in [2.75, 3.05) is 11.9 Å². The lowest BCUT2D eigenvalue weighted by molar-refractivity contribution is 0.252. The van der Waals surface area contributed by atoms with Gasteiger partial charge >= 0.3 is 6.03 Å². The number of aromatic nitrogens is 2.